The van der Waals surface area contributed by atoms with Crippen molar-refractivity contribution in [3.8, 4) is 5.75 Å². The molecule has 14 heavy (non-hydrogen) atoms. The number of hydrogen-bond donors (Lipinski definition) is 1. The zero-order chi connectivity index (χ0) is 10.7. The van der Waals surface area contributed by atoms with Gasteiger partial charge in [-0.3, -0.25) is 0 Å². The van der Waals surface area contributed by atoms with E-state index in [9.17, 15) is 0 Å². The van der Waals surface area contributed by atoms with Crippen LogP contribution >= 0.6 is 47.0 Å². The molecule has 0 unspecified atom stereocenters. The van der Waals surface area contributed by atoms with Gasteiger partial charge in [0.15, 0.2) is 0 Å². The summed E-state index contributed by atoms with van der Waals surface area (Å²) in [6, 6.07) is 3.02. The van der Waals surface area contributed by atoms with Gasteiger partial charge in [-0.1, -0.05) is 47.0 Å². The Hall–Kier alpha value is -0.220. The van der Waals surface area contributed by atoms with E-state index in [1.807, 2.05) is 0 Å². The molecule has 1 rings (SSSR count). The van der Waals surface area contributed by atoms with Crippen LogP contribution in [0.15, 0.2) is 12.1 Å². The van der Waals surface area contributed by atoms with E-state index < -0.39 is 0 Å². The maximum Gasteiger partial charge on any atom is 0.140 e. The molecular formula is C8H6Cl3NOS. The Labute approximate surface area is 102 Å². The lowest BCUT2D eigenvalue weighted by Crippen LogP contribution is -2.17. The summed E-state index contributed by atoms with van der Waals surface area (Å²) < 4.78 is 5.19. The first-order valence-corrected chi connectivity index (χ1v) is 5.10. The van der Waals surface area contributed by atoms with Crippen molar-refractivity contribution in [1.82, 2.24) is 0 Å². The van der Waals surface area contributed by atoms with Crippen LogP contribution in [-0.2, 0) is 0 Å². The van der Waals surface area contributed by atoms with E-state index in [-0.39, 0.29) is 11.6 Å². The number of thiocarbonyl (C=S) groups is 1. The predicted octanol–water partition coefficient (Wildman–Crippen LogP) is 3.31. The van der Waals surface area contributed by atoms with Crippen LogP contribution in [0.2, 0.25) is 15.1 Å². The van der Waals surface area contributed by atoms with Crippen LogP contribution < -0.4 is 10.5 Å². The maximum absolute atomic E-state index is 5.83. The second-order valence-electron chi connectivity index (χ2n) is 2.45. The van der Waals surface area contributed by atoms with E-state index in [1.54, 1.807) is 0 Å². The molecule has 76 valence electrons. The first kappa shape index (κ1) is 11.9. The number of rotatable bonds is 3. The summed E-state index contributed by atoms with van der Waals surface area (Å²) >= 11 is 22.0. The van der Waals surface area contributed by atoms with Gasteiger partial charge in [-0.2, -0.15) is 0 Å². The molecule has 0 atom stereocenters. The highest BCUT2D eigenvalue weighted by molar-refractivity contribution is 7.80. The zero-order valence-corrected chi connectivity index (χ0v) is 9.97. The van der Waals surface area contributed by atoms with Crippen LogP contribution in [0.5, 0.6) is 5.75 Å². The first-order chi connectivity index (χ1) is 6.50. The predicted molar refractivity (Wildman–Crippen MR) is 63.8 cm³/mol. The van der Waals surface area contributed by atoms with E-state index in [1.165, 1.54) is 12.1 Å². The zero-order valence-electron chi connectivity index (χ0n) is 6.89. The Bertz CT molecular complexity index is 370. The number of halogens is 3. The number of hydrogen-bond acceptors (Lipinski definition) is 2. The second-order valence-corrected chi connectivity index (χ2v) is 4.20. The molecule has 0 spiro atoms. The molecule has 0 aromatic heterocycles. The smallest absolute Gasteiger partial charge is 0.140 e. The SMILES string of the molecule is NC(=S)COc1cc(Cl)c(Cl)cc1Cl. The molecule has 0 amide bonds. The van der Waals surface area contributed by atoms with Crippen LogP contribution in [-0.4, -0.2) is 11.6 Å². The molecule has 0 saturated carbocycles. The number of ether oxygens (including phenoxy) is 1. The molecule has 0 saturated heterocycles. The summed E-state index contributed by atoms with van der Waals surface area (Å²) in [4.78, 5) is 0.243. The fraction of sp³-hybridized carbons (Fsp3) is 0.125. The average molecular weight is 271 g/mol. The molecular weight excluding hydrogens is 265 g/mol. The molecule has 1 aromatic carbocycles. The molecule has 2 nitrogen and oxygen atoms in total. The summed E-state index contributed by atoms with van der Waals surface area (Å²) in [5.74, 6) is 0.411. The number of nitrogens with two attached hydrogens (primary N) is 1. The van der Waals surface area contributed by atoms with Gasteiger partial charge in [0, 0.05) is 6.07 Å². The molecule has 0 aliphatic carbocycles. The summed E-state index contributed by atoms with van der Waals surface area (Å²) in [5, 5.41) is 1.11. The monoisotopic (exact) mass is 269 g/mol. The van der Waals surface area contributed by atoms with Crippen molar-refractivity contribution in [3.63, 3.8) is 0 Å². The van der Waals surface area contributed by atoms with Gasteiger partial charge in [-0.15, -0.1) is 0 Å². The average Bonchev–Trinajstić information content (AvgIpc) is 2.09. The second kappa shape index (κ2) is 5.03. The molecule has 0 radical (unpaired) electrons. The maximum atomic E-state index is 5.83. The highest BCUT2D eigenvalue weighted by Gasteiger charge is 2.07. The minimum absolute atomic E-state index is 0.118. The molecule has 0 aliphatic rings. The Morgan fingerprint density at radius 1 is 1.21 bits per heavy atom. The van der Waals surface area contributed by atoms with Crippen molar-refractivity contribution >= 4 is 52.0 Å². The standard InChI is InChI=1S/C8H6Cl3NOS/c9-4-1-6(11)7(2-5(4)10)13-3-8(12)14/h1-2H,3H2,(H2,12,14). The van der Waals surface area contributed by atoms with Gasteiger partial charge >= 0.3 is 0 Å². The highest BCUT2D eigenvalue weighted by atomic mass is 35.5. The molecule has 2 N–H and O–H groups in total. The van der Waals surface area contributed by atoms with E-state index in [0.717, 1.165) is 0 Å². The lowest BCUT2D eigenvalue weighted by atomic mass is 10.3. The lowest BCUT2D eigenvalue weighted by Gasteiger charge is -2.07. The fourth-order valence-corrected chi connectivity index (χ4v) is 1.41. The van der Waals surface area contributed by atoms with Crippen LogP contribution in [0, 0.1) is 0 Å². The molecule has 0 bridgehead atoms. The lowest BCUT2D eigenvalue weighted by molar-refractivity contribution is 0.378. The Kier molecular flexibility index (Phi) is 4.26. The normalized spacial score (nSPS) is 9.93. The molecule has 1 aromatic rings. The van der Waals surface area contributed by atoms with Crippen LogP contribution in [0.25, 0.3) is 0 Å². The van der Waals surface area contributed by atoms with E-state index in [0.29, 0.717) is 20.8 Å². The van der Waals surface area contributed by atoms with Gasteiger partial charge in [-0.25, -0.2) is 0 Å². The van der Waals surface area contributed by atoms with Crippen molar-refractivity contribution in [1.29, 1.82) is 0 Å². The number of benzene rings is 1. The van der Waals surface area contributed by atoms with Gasteiger partial charge in [0.2, 0.25) is 0 Å². The van der Waals surface area contributed by atoms with Gasteiger partial charge in [-0.05, 0) is 6.07 Å². The third kappa shape index (κ3) is 3.17. The van der Waals surface area contributed by atoms with Crippen molar-refractivity contribution in [3.05, 3.63) is 27.2 Å². The summed E-state index contributed by atoms with van der Waals surface area (Å²) in [6.07, 6.45) is 0. The van der Waals surface area contributed by atoms with E-state index in [2.05, 4.69) is 12.2 Å². The van der Waals surface area contributed by atoms with Crippen LogP contribution in [0.4, 0.5) is 0 Å². The topological polar surface area (TPSA) is 35.2 Å². The minimum atomic E-state index is 0.118. The Balaban J connectivity index is 2.87. The summed E-state index contributed by atoms with van der Waals surface area (Å²) in [6.45, 7) is 0.118. The van der Waals surface area contributed by atoms with Gasteiger partial charge in [0.25, 0.3) is 0 Å². The third-order valence-electron chi connectivity index (χ3n) is 1.34. The quantitative estimate of drug-likeness (QED) is 0.676. The van der Waals surface area contributed by atoms with Crippen molar-refractivity contribution in [2.24, 2.45) is 5.73 Å². The highest BCUT2D eigenvalue weighted by Crippen LogP contribution is 2.33. The summed E-state index contributed by atoms with van der Waals surface area (Å²) in [5.41, 5.74) is 5.26. The third-order valence-corrected chi connectivity index (χ3v) is 2.48. The molecule has 0 aliphatic heterocycles. The van der Waals surface area contributed by atoms with Crippen LogP contribution in [0.1, 0.15) is 0 Å². The van der Waals surface area contributed by atoms with Crippen molar-refractivity contribution < 1.29 is 4.74 Å². The van der Waals surface area contributed by atoms with Crippen molar-refractivity contribution in [2.75, 3.05) is 6.61 Å². The molecule has 0 fully saturated rings. The Morgan fingerprint density at radius 3 is 2.36 bits per heavy atom. The first-order valence-electron chi connectivity index (χ1n) is 3.56. The van der Waals surface area contributed by atoms with Gasteiger partial charge < -0.3 is 10.5 Å². The van der Waals surface area contributed by atoms with E-state index >= 15 is 0 Å². The minimum Gasteiger partial charge on any atom is -0.485 e. The molecule has 0 heterocycles. The van der Waals surface area contributed by atoms with Gasteiger partial charge in [0.1, 0.15) is 17.3 Å². The van der Waals surface area contributed by atoms with Gasteiger partial charge in [0.05, 0.1) is 15.1 Å². The van der Waals surface area contributed by atoms with Crippen LogP contribution in [0.3, 0.4) is 0 Å². The summed E-state index contributed by atoms with van der Waals surface area (Å²) in [7, 11) is 0. The largest absolute Gasteiger partial charge is 0.485 e. The Morgan fingerprint density at radius 2 is 1.79 bits per heavy atom. The fourth-order valence-electron chi connectivity index (χ4n) is 0.764. The van der Waals surface area contributed by atoms with Crippen molar-refractivity contribution in [2.45, 2.75) is 0 Å². The van der Waals surface area contributed by atoms with E-state index in [4.69, 9.17) is 45.3 Å². The molecule has 6 heteroatoms.